The van der Waals surface area contributed by atoms with Gasteiger partial charge in [-0.3, -0.25) is 9.59 Å². The zero-order valence-corrected chi connectivity index (χ0v) is 19.7. The second kappa shape index (κ2) is 8.04. The number of ketones is 1. The molecule has 166 valence electrons. The summed E-state index contributed by atoms with van der Waals surface area (Å²) in [6.07, 6.45) is 8.21. The fourth-order valence-corrected chi connectivity index (χ4v) is 6.71. The summed E-state index contributed by atoms with van der Waals surface area (Å²) in [5.41, 5.74) is 5.68. The molecule has 1 amide bonds. The van der Waals surface area contributed by atoms with Gasteiger partial charge in [-0.1, -0.05) is 24.3 Å². The molecule has 2 heterocycles. The lowest BCUT2D eigenvalue weighted by atomic mass is 9.49. The third-order valence-corrected chi connectivity index (χ3v) is 8.49. The quantitative estimate of drug-likeness (QED) is 0.497. The number of carbonyl (C=O) groups is 2. The van der Waals surface area contributed by atoms with Gasteiger partial charge in [-0.15, -0.1) is 11.3 Å². The minimum atomic E-state index is 0.0548. The lowest BCUT2D eigenvalue weighted by Gasteiger charge is -2.57. The van der Waals surface area contributed by atoms with Crippen molar-refractivity contribution in [2.75, 3.05) is 0 Å². The lowest BCUT2D eigenvalue weighted by molar-refractivity contribution is -0.134. The van der Waals surface area contributed by atoms with E-state index in [1.165, 1.54) is 10.4 Å². The molecule has 2 aromatic heterocycles. The van der Waals surface area contributed by atoms with E-state index in [1.54, 1.807) is 30.8 Å². The normalized spacial score (nSPS) is 24.1. The first-order valence-corrected chi connectivity index (χ1v) is 12.2. The first-order chi connectivity index (χ1) is 15.3. The van der Waals surface area contributed by atoms with E-state index in [-0.39, 0.29) is 17.9 Å². The number of carbonyl (C=O) groups excluding carboxylic acids is 2. The average Bonchev–Trinajstić information content (AvgIpc) is 3.31. The Morgan fingerprint density at radius 3 is 2.38 bits per heavy atom. The molecule has 1 aromatic carbocycles. The predicted molar refractivity (Wildman–Crippen MR) is 127 cm³/mol. The van der Waals surface area contributed by atoms with Gasteiger partial charge in [0.1, 0.15) is 5.78 Å². The minimum absolute atomic E-state index is 0.0548. The molecule has 2 aliphatic rings. The number of furan rings is 1. The highest BCUT2D eigenvalue weighted by Crippen LogP contribution is 2.58. The Labute approximate surface area is 193 Å². The Bertz CT molecular complexity index is 1140. The summed E-state index contributed by atoms with van der Waals surface area (Å²) in [4.78, 5) is 27.0. The zero-order valence-electron chi connectivity index (χ0n) is 18.9. The third kappa shape index (κ3) is 3.83. The smallest absolute Gasteiger partial charge is 0.252 e. The molecule has 1 spiro atoms. The molecule has 0 bridgehead atoms. The zero-order chi connectivity index (χ0) is 22.5. The molecule has 2 saturated carbocycles. The van der Waals surface area contributed by atoms with Crippen LogP contribution in [0.1, 0.15) is 63.8 Å². The highest BCUT2D eigenvalue weighted by molar-refractivity contribution is 7.12. The number of hydrogen-bond donors (Lipinski definition) is 1. The van der Waals surface area contributed by atoms with Gasteiger partial charge in [-0.25, -0.2) is 0 Å². The highest BCUT2D eigenvalue weighted by atomic mass is 32.1. The number of Topliss-reactive ketones (excluding diaryl/α,β-unsaturated/α-hetero) is 1. The Hall–Kier alpha value is -2.66. The van der Waals surface area contributed by atoms with Gasteiger partial charge < -0.3 is 9.73 Å². The first-order valence-electron chi connectivity index (χ1n) is 11.4. The standard InChI is InChI=1S/C27H29NO3S/c1-16(29)22-11-27(12-22)13-23(14-27)28-26(30)25-18(3)32-17(2)24(25)10-19-4-6-20(7-5-19)21-8-9-31-15-21/h4-9,15,22-23H,10-14H2,1-3H3,(H,28,30). The average molecular weight is 448 g/mol. The van der Waals surface area contributed by atoms with Gasteiger partial charge in [-0.2, -0.15) is 0 Å². The number of amides is 1. The molecule has 0 atom stereocenters. The molecule has 2 aliphatic carbocycles. The van der Waals surface area contributed by atoms with E-state index in [1.807, 2.05) is 13.0 Å². The molecule has 0 unspecified atom stereocenters. The Kier molecular flexibility index (Phi) is 5.32. The molecular formula is C27H29NO3S. The summed E-state index contributed by atoms with van der Waals surface area (Å²) in [7, 11) is 0. The molecule has 5 heteroatoms. The van der Waals surface area contributed by atoms with Crippen LogP contribution in [-0.4, -0.2) is 17.7 Å². The van der Waals surface area contributed by atoms with Gasteiger partial charge >= 0.3 is 0 Å². The van der Waals surface area contributed by atoms with Gasteiger partial charge in [0.2, 0.25) is 0 Å². The van der Waals surface area contributed by atoms with Crippen molar-refractivity contribution in [2.24, 2.45) is 11.3 Å². The van der Waals surface area contributed by atoms with E-state index in [4.69, 9.17) is 4.42 Å². The van der Waals surface area contributed by atoms with Crippen LogP contribution < -0.4 is 5.32 Å². The summed E-state index contributed by atoms with van der Waals surface area (Å²) in [5, 5.41) is 3.28. The maximum atomic E-state index is 13.2. The van der Waals surface area contributed by atoms with Crippen molar-refractivity contribution in [3.05, 3.63) is 69.3 Å². The summed E-state index contributed by atoms with van der Waals surface area (Å²) >= 11 is 1.71. The summed E-state index contributed by atoms with van der Waals surface area (Å²) < 4.78 is 5.18. The fraction of sp³-hybridized carbons (Fsp3) is 0.407. The second-order valence-corrected chi connectivity index (χ2v) is 11.2. The summed E-state index contributed by atoms with van der Waals surface area (Å²) in [6.45, 7) is 5.85. The molecule has 32 heavy (non-hydrogen) atoms. The Balaban J connectivity index is 1.26. The number of aryl methyl sites for hydroxylation is 2. The molecule has 2 fully saturated rings. The maximum absolute atomic E-state index is 13.2. The minimum Gasteiger partial charge on any atom is -0.472 e. The van der Waals surface area contributed by atoms with Crippen molar-refractivity contribution < 1.29 is 14.0 Å². The van der Waals surface area contributed by atoms with Gasteiger partial charge in [0.25, 0.3) is 5.91 Å². The molecule has 0 aliphatic heterocycles. The van der Waals surface area contributed by atoms with Crippen LogP contribution in [0.15, 0.2) is 47.3 Å². The SMILES string of the molecule is CC(=O)C1CC2(CC(NC(=O)c3c(C)sc(C)c3Cc3ccc(-c4ccoc4)cc3)C2)C1. The number of nitrogens with one attached hydrogen (secondary N) is 1. The molecule has 0 radical (unpaired) electrons. The maximum Gasteiger partial charge on any atom is 0.252 e. The largest absolute Gasteiger partial charge is 0.472 e. The molecule has 3 aromatic rings. The van der Waals surface area contributed by atoms with Crippen LogP contribution in [0.25, 0.3) is 11.1 Å². The van der Waals surface area contributed by atoms with Crippen LogP contribution >= 0.6 is 11.3 Å². The van der Waals surface area contributed by atoms with Crippen LogP contribution in [0, 0.1) is 25.2 Å². The van der Waals surface area contributed by atoms with Crippen molar-refractivity contribution in [3.8, 4) is 11.1 Å². The van der Waals surface area contributed by atoms with E-state index in [0.29, 0.717) is 11.2 Å². The van der Waals surface area contributed by atoms with Crippen LogP contribution in [0.5, 0.6) is 0 Å². The van der Waals surface area contributed by atoms with Crippen LogP contribution in [0.4, 0.5) is 0 Å². The van der Waals surface area contributed by atoms with Crippen molar-refractivity contribution in [3.63, 3.8) is 0 Å². The number of thiophene rings is 1. The molecular weight excluding hydrogens is 418 g/mol. The Morgan fingerprint density at radius 1 is 1.03 bits per heavy atom. The number of hydrogen-bond acceptors (Lipinski definition) is 4. The number of benzene rings is 1. The molecule has 4 nitrogen and oxygen atoms in total. The number of rotatable bonds is 6. The molecule has 5 rings (SSSR count). The van der Waals surface area contributed by atoms with Crippen molar-refractivity contribution in [1.82, 2.24) is 5.32 Å². The highest BCUT2D eigenvalue weighted by Gasteiger charge is 2.54. The van der Waals surface area contributed by atoms with E-state index >= 15 is 0 Å². The predicted octanol–water partition coefficient (Wildman–Crippen LogP) is 6.09. The van der Waals surface area contributed by atoms with Crippen molar-refractivity contribution in [2.45, 2.75) is 58.9 Å². The summed E-state index contributed by atoms with van der Waals surface area (Å²) in [6, 6.07) is 10.7. The lowest BCUT2D eigenvalue weighted by Crippen LogP contribution is -2.57. The van der Waals surface area contributed by atoms with Gasteiger partial charge in [0.15, 0.2) is 0 Å². The van der Waals surface area contributed by atoms with Gasteiger partial charge in [-0.05, 0) is 81.0 Å². The van der Waals surface area contributed by atoms with E-state index in [2.05, 4.69) is 36.5 Å². The molecule has 0 saturated heterocycles. The van der Waals surface area contributed by atoms with Crippen LogP contribution in [0.3, 0.4) is 0 Å². The van der Waals surface area contributed by atoms with Gasteiger partial charge in [0.05, 0.1) is 18.1 Å². The van der Waals surface area contributed by atoms with E-state index in [9.17, 15) is 9.59 Å². The monoisotopic (exact) mass is 447 g/mol. The van der Waals surface area contributed by atoms with Crippen molar-refractivity contribution >= 4 is 23.0 Å². The first kappa shape index (κ1) is 21.2. The third-order valence-electron chi connectivity index (χ3n) is 7.43. The van der Waals surface area contributed by atoms with Gasteiger partial charge in [0, 0.05) is 27.3 Å². The van der Waals surface area contributed by atoms with Crippen LogP contribution in [-0.2, 0) is 11.2 Å². The fourth-order valence-electron chi connectivity index (χ4n) is 5.64. The second-order valence-electron chi connectivity index (χ2n) is 9.75. The van der Waals surface area contributed by atoms with E-state index in [0.717, 1.165) is 59.2 Å². The topological polar surface area (TPSA) is 59.3 Å². The van der Waals surface area contributed by atoms with E-state index < -0.39 is 0 Å². The van der Waals surface area contributed by atoms with Crippen molar-refractivity contribution in [1.29, 1.82) is 0 Å². The van der Waals surface area contributed by atoms with Crippen LogP contribution in [0.2, 0.25) is 0 Å². The molecule has 1 N–H and O–H groups in total. The summed E-state index contributed by atoms with van der Waals surface area (Å²) in [5.74, 6) is 0.619. The Morgan fingerprint density at radius 2 is 1.75 bits per heavy atom.